The van der Waals surface area contributed by atoms with Crippen molar-refractivity contribution >= 4 is 39.4 Å². The van der Waals surface area contributed by atoms with Crippen molar-refractivity contribution in [3.8, 4) is 11.3 Å². The fourth-order valence-electron chi connectivity index (χ4n) is 2.77. The average Bonchev–Trinajstić information content (AvgIpc) is 3.41. The Morgan fingerprint density at radius 2 is 2.03 bits per heavy atom. The quantitative estimate of drug-likeness (QED) is 0.452. The Morgan fingerprint density at radius 1 is 1.23 bits per heavy atom. The van der Waals surface area contributed by atoms with Crippen LogP contribution < -0.4 is 5.32 Å². The van der Waals surface area contributed by atoms with Crippen molar-refractivity contribution in [1.29, 1.82) is 0 Å². The first kappa shape index (κ1) is 19.7. The van der Waals surface area contributed by atoms with Crippen LogP contribution in [0.4, 0.5) is 9.52 Å². The number of aromatic nitrogens is 2. The van der Waals surface area contributed by atoms with E-state index in [1.165, 1.54) is 29.9 Å². The first-order valence-corrected chi connectivity index (χ1v) is 9.98. The molecule has 1 unspecified atom stereocenters. The molecule has 9 heteroatoms. The summed E-state index contributed by atoms with van der Waals surface area (Å²) in [7, 11) is 0. The predicted octanol–water partition coefficient (Wildman–Crippen LogP) is 4.66. The maximum absolute atomic E-state index is 13.1. The van der Waals surface area contributed by atoms with Crippen molar-refractivity contribution in [2.24, 2.45) is 0 Å². The zero-order valence-corrected chi connectivity index (χ0v) is 16.6. The summed E-state index contributed by atoms with van der Waals surface area (Å²) in [5, 5.41) is 4.78. The number of carbonyl (C=O) groups excluding carboxylic acids is 2. The van der Waals surface area contributed by atoms with E-state index >= 15 is 0 Å². The maximum atomic E-state index is 13.1. The summed E-state index contributed by atoms with van der Waals surface area (Å²) in [6.45, 7) is 1.74. The lowest BCUT2D eigenvalue weighted by Gasteiger charge is -2.15. The standard InChI is InChI=1S/C21H16FN3O4S/c1-2-17(29-20(27)13-5-8-18-15(9-13)23-11-28-18)19(26)25-21-24-16(10-30-21)12-3-6-14(22)7-4-12/h3-11,17H,2H2,1H3,(H,24,25,26). The fourth-order valence-corrected chi connectivity index (χ4v) is 3.50. The number of amides is 1. The molecule has 1 amide bonds. The van der Waals surface area contributed by atoms with E-state index < -0.39 is 18.0 Å². The lowest BCUT2D eigenvalue weighted by Crippen LogP contribution is -2.32. The summed E-state index contributed by atoms with van der Waals surface area (Å²) in [5.74, 6) is -1.45. The van der Waals surface area contributed by atoms with Gasteiger partial charge in [0.1, 0.15) is 11.3 Å². The second-order valence-corrected chi connectivity index (χ2v) is 7.23. The van der Waals surface area contributed by atoms with E-state index in [0.717, 1.165) is 5.56 Å². The molecule has 2 aromatic carbocycles. The van der Waals surface area contributed by atoms with Gasteiger partial charge < -0.3 is 9.15 Å². The van der Waals surface area contributed by atoms with Crippen molar-refractivity contribution in [3.05, 3.63) is 65.6 Å². The van der Waals surface area contributed by atoms with Crippen LogP contribution >= 0.6 is 11.3 Å². The van der Waals surface area contributed by atoms with Gasteiger partial charge >= 0.3 is 5.97 Å². The number of halogens is 1. The number of esters is 1. The number of ether oxygens (including phenoxy) is 1. The Bertz CT molecular complexity index is 1200. The predicted molar refractivity (Wildman–Crippen MR) is 110 cm³/mol. The molecule has 0 spiro atoms. The molecule has 30 heavy (non-hydrogen) atoms. The molecule has 0 bridgehead atoms. The van der Waals surface area contributed by atoms with Crippen LogP contribution in [0.15, 0.2) is 58.7 Å². The topological polar surface area (TPSA) is 94.3 Å². The number of hydrogen-bond acceptors (Lipinski definition) is 7. The van der Waals surface area contributed by atoms with Crippen molar-refractivity contribution in [2.75, 3.05) is 5.32 Å². The van der Waals surface area contributed by atoms with Gasteiger partial charge in [0, 0.05) is 10.9 Å². The van der Waals surface area contributed by atoms with Gasteiger partial charge in [0.15, 0.2) is 23.2 Å². The molecule has 7 nitrogen and oxygen atoms in total. The Balaban J connectivity index is 1.42. The van der Waals surface area contributed by atoms with E-state index in [0.29, 0.717) is 28.3 Å². The third-order valence-corrected chi connectivity index (χ3v) is 5.11. The van der Waals surface area contributed by atoms with E-state index in [4.69, 9.17) is 9.15 Å². The van der Waals surface area contributed by atoms with Gasteiger partial charge in [-0.05, 0) is 48.9 Å². The van der Waals surface area contributed by atoms with Gasteiger partial charge in [0.25, 0.3) is 5.91 Å². The fraction of sp³-hybridized carbons (Fsp3) is 0.143. The number of fused-ring (bicyclic) bond motifs is 1. The van der Waals surface area contributed by atoms with Gasteiger partial charge in [-0.3, -0.25) is 10.1 Å². The molecule has 0 saturated carbocycles. The van der Waals surface area contributed by atoms with Crippen LogP contribution in [0.3, 0.4) is 0 Å². The molecule has 152 valence electrons. The molecule has 2 heterocycles. The first-order valence-electron chi connectivity index (χ1n) is 9.10. The van der Waals surface area contributed by atoms with Crippen LogP contribution in [0.1, 0.15) is 23.7 Å². The van der Waals surface area contributed by atoms with E-state index in [1.54, 1.807) is 42.6 Å². The smallest absolute Gasteiger partial charge is 0.338 e. The Morgan fingerprint density at radius 3 is 2.80 bits per heavy atom. The summed E-state index contributed by atoms with van der Waals surface area (Å²) in [6.07, 6.45) is 0.597. The number of thiazole rings is 1. The minimum absolute atomic E-state index is 0.274. The van der Waals surface area contributed by atoms with Gasteiger partial charge in [0.05, 0.1) is 11.3 Å². The van der Waals surface area contributed by atoms with E-state index in [-0.39, 0.29) is 11.4 Å². The first-order chi connectivity index (χ1) is 14.5. The van der Waals surface area contributed by atoms with Gasteiger partial charge in [-0.2, -0.15) is 0 Å². The molecule has 4 aromatic rings. The van der Waals surface area contributed by atoms with Gasteiger partial charge in [-0.1, -0.05) is 6.92 Å². The number of oxazole rings is 1. The highest BCUT2D eigenvalue weighted by molar-refractivity contribution is 7.14. The number of benzene rings is 2. The molecular formula is C21H16FN3O4S. The normalized spacial score (nSPS) is 11.9. The highest BCUT2D eigenvalue weighted by Gasteiger charge is 2.23. The molecule has 1 atom stereocenters. The second-order valence-electron chi connectivity index (χ2n) is 6.37. The molecule has 0 aliphatic carbocycles. The number of anilines is 1. The summed E-state index contributed by atoms with van der Waals surface area (Å²) in [6, 6.07) is 10.6. The number of rotatable bonds is 6. The zero-order valence-electron chi connectivity index (χ0n) is 15.8. The Hall–Kier alpha value is -3.59. The van der Waals surface area contributed by atoms with Crippen LogP contribution in [0.25, 0.3) is 22.4 Å². The lowest BCUT2D eigenvalue weighted by atomic mass is 10.2. The molecule has 2 aromatic heterocycles. The highest BCUT2D eigenvalue weighted by atomic mass is 32.1. The molecular weight excluding hydrogens is 409 g/mol. The summed E-state index contributed by atoms with van der Waals surface area (Å²) >= 11 is 1.23. The number of nitrogens with one attached hydrogen (secondary N) is 1. The molecule has 0 saturated heterocycles. The third kappa shape index (κ3) is 4.20. The summed E-state index contributed by atoms with van der Waals surface area (Å²) in [4.78, 5) is 33.4. The second kappa shape index (κ2) is 8.42. The molecule has 0 aliphatic heterocycles. The maximum Gasteiger partial charge on any atom is 0.338 e. The van der Waals surface area contributed by atoms with Crippen LogP contribution in [-0.4, -0.2) is 27.9 Å². The minimum atomic E-state index is -0.983. The molecule has 0 aliphatic rings. The number of hydrogen-bond donors (Lipinski definition) is 1. The van der Waals surface area contributed by atoms with Gasteiger partial charge in [-0.25, -0.2) is 19.2 Å². The van der Waals surface area contributed by atoms with E-state index in [1.807, 2.05) is 0 Å². The lowest BCUT2D eigenvalue weighted by molar-refractivity contribution is -0.124. The third-order valence-electron chi connectivity index (χ3n) is 4.35. The van der Waals surface area contributed by atoms with Crippen LogP contribution in [-0.2, 0) is 9.53 Å². The van der Waals surface area contributed by atoms with Crippen LogP contribution in [0.5, 0.6) is 0 Å². The highest BCUT2D eigenvalue weighted by Crippen LogP contribution is 2.25. The van der Waals surface area contributed by atoms with E-state index in [9.17, 15) is 14.0 Å². The van der Waals surface area contributed by atoms with Crippen molar-refractivity contribution in [2.45, 2.75) is 19.4 Å². The molecule has 1 N–H and O–H groups in total. The molecule has 0 radical (unpaired) electrons. The average molecular weight is 425 g/mol. The van der Waals surface area contributed by atoms with Crippen LogP contribution in [0.2, 0.25) is 0 Å². The minimum Gasteiger partial charge on any atom is -0.449 e. The summed E-state index contributed by atoms with van der Waals surface area (Å²) in [5.41, 5.74) is 2.70. The zero-order chi connectivity index (χ0) is 21.1. The summed E-state index contributed by atoms with van der Waals surface area (Å²) < 4.78 is 23.6. The Kier molecular flexibility index (Phi) is 5.53. The van der Waals surface area contributed by atoms with Crippen LogP contribution in [0, 0.1) is 5.82 Å². The SMILES string of the molecule is CCC(OC(=O)c1ccc2ocnc2c1)C(=O)Nc1nc(-c2ccc(F)cc2)cs1. The molecule has 0 fully saturated rings. The van der Waals surface area contributed by atoms with Gasteiger partial charge in [-0.15, -0.1) is 11.3 Å². The van der Waals surface area contributed by atoms with Crippen molar-refractivity contribution in [3.63, 3.8) is 0 Å². The van der Waals surface area contributed by atoms with Gasteiger partial charge in [0.2, 0.25) is 0 Å². The van der Waals surface area contributed by atoms with Crippen molar-refractivity contribution < 1.29 is 23.1 Å². The Labute approximate surface area is 174 Å². The number of nitrogens with zero attached hydrogens (tertiary/aromatic N) is 2. The van der Waals surface area contributed by atoms with E-state index in [2.05, 4.69) is 15.3 Å². The molecule has 4 rings (SSSR count). The monoisotopic (exact) mass is 425 g/mol. The largest absolute Gasteiger partial charge is 0.449 e. The number of carbonyl (C=O) groups is 2. The van der Waals surface area contributed by atoms with Crippen molar-refractivity contribution in [1.82, 2.24) is 9.97 Å².